The first kappa shape index (κ1) is 16.1. The summed E-state index contributed by atoms with van der Waals surface area (Å²) in [7, 11) is 0. The van der Waals surface area contributed by atoms with Gasteiger partial charge in [-0.25, -0.2) is 0 Å². The van der Waals surface area contributed by atoms with Gasteiger partial charge in [0.2, 0.25) is 11.7 Å². The molecule has 5 heteroatoms. The van der Waals surface area contributed by atoms with Gasteiger partial charge >= 0.3 is 0 Å². The third kappa shape index (κ3) is 3.54. The molecule has 5 nitrogen and oxygen atoms in total. The number of nitrogens with zero attached hydrogens (tertiary/aromatic N) is 2. The summed E-state index contributed by atoms with van der Waals surface area (Å²) in [6, 6.07) is 0. The van der Waals surface area contributed by atoms with Gasteiger partial charge in [-0.3, -0.25) is 0 Å². The predicted octanol–water partition coefficient (Wildman–Crippen LogP) is 3.17. The van der Waals surface area contributed by atoms with Crippen LogP contribution in [-0.2, 0) is 10.3 Å². The van der Waals surface area contributed by atoms with E-state index >= 15 is 0 Å². The van der Waals surface area contributed by atoms with Crippen LogP contribution in [0.5, 0.6) is 0 Å². The van der Waals surface area contributed by atoms with E-state index in [-0.39, 0.29) is 11.5 Å². The van der Waals surface area contributed by atoms with Crippen LogP contribution in [0.4, 0.5) is 0 Å². The maximum atomic E-state index is 6.28. The van der Waals surface area contributed by atoms with Gasteiger partial charge in [0.1, 0.15) is 6.10 Å². The highest BCUT2D eigenvalue weighted by atomic mass is 16.5. The lowest BCUT2D eigenvalue weighted by atomic mass is 9.88. The topological polar surface area (TPSA) is 74.2 Å². The molecule has 110 valence electrons. The Morgan fingerprint density at radius 2 is 1.79 bits per heavy atom. The molecule has 1 atom stereocenters. The third-order valence-corrected chi connectivity index (χ3v) is 3.48. The standard InChI is InChI=1S/C14H27N3O2/c1-7-14(15,8-2)12-16-11(17-19-12)10(18-9-3)13(4,5)6/h10H,7-9,15H2,1-6H3. The summed E-state index contributed by atoms with van der Waals surface area (Å²) in [5.74, 6) is 1.09. The van der Waals surface area contributed by atoms with Crippen molar-refractivity contribution in [1.29, 1.82) is 0 Å². The Morgan fingerprint density at radius 1 is 1.21 bits per heavy atom. The number of rotatable bonds is 6. The van der Waals surface area contributed by atoms with Gasteiger partial charge in [0.05, 0.1) is 5.54 Å². The zero-order chi connectivity index (χ0) is 14.7. The smallest absolute Gasteiger partial charge is 0.246 e. The van der Waals surface area contributed by atoms with Crippen LogP contribution in [0.2, 0.25) is 0 Å². The third-order valence-electron chi connectivity index (χ3n) is 3.48. The molecule has 0 bridgehead atoms. The number of hydrogen-bond donors (Lipinski definition) is 1. The molecular weight excluding hydrogens is 242 g/mol. The molecular formula is C14H27N3O2. The summed E-state index contributed by atoms with van der Waals surface area (Å²) >= 11 is 0. The van der Waals surface area contributed by atoms with Gasteiger partial charge in [0.25, 0.3) is 0 Å². The fraction of sp³-hybridized carbons (Fsp3) is 0.857. The zero-order valence-electron chi connectivity index (χ0n) is 13.0. The average Bonchev–Trinajstić information content (AvgIpc) is 2.83. The monoisotopic (exact) mass is 269 g/mol. The van der Waals surface area contributed by atoms with Gasteiger partial charge < -0.3 is 15.0 Å². The number of aromatic nitrogens is 2. The number of hydrogen-bond acceptors (Lipinski definition) is 5. The van der Waals surface area contributed by atoms with Gasteiger partial charge in [0, 0.05) is 6.61 Å². The van der Waals surface area contributed by atoms with Gasteiger partial charge in [-0.1, -0.05) is 39.8 Å². The Kier molecular flexibility index (Phi) is 5.10. The minimum absolute atomic E-state index is 0.0904. The summed E-state index contributed by atoms with van der Waals surface area (Å²) < 4.78 is 11.1. The van der Waals surface area contributed by atoms with Gasteiger partial charge in [-0.05, 0) is 25.2 Å². The normalized spacial score (nSPS) is 14.7. The van der Waals surface area contributed by atoms with Crippen molar-refractivity contribution in [2.75, 3.05) is 6.61 Å². The molecule has 2 N–H and O–H groups in total. The molecule has 1 rings (SSSR count). The molecule has 1 aromatic heterocycles. The van der Waals surface area contributed by atoms with Crippen molar-refractivity contribution in [2.24, 2.45) is 11.1 Å². The van der Waals surface area contributed by atoms with Crippen LogP contribution < -0.4 is 5.73 Å². The van der Waals surface area contributed by atoms with Crippen molar-refractivity contribution < 1.29 is 9.26 Å². The van der Waals surface area contributed by atoms with E-state index in [2.05, 4.69) is 30.9 Å². The van der Waals surface area contributed by atoms with E-state index in [0.717, 1.165) is 12.8 Å². The molecule has 0 aliphatic rings. The van der Waals surface area contributed by atoms with E-state index in [9.17, 15) is 0 Å². The second-order valence-corrected chi connectivity index (χ2v) is 6.02. The van der Waals surface area contributed by atoms with Crippen LogP contribution in [0.25, 0.3) is 0 Å². The number of ether oxygens (including phenoxy) is 1. The van der Waals surface area contributed by atoms with Crippen LogP contribution in [0.15, 0.2) is 4.52 Å². The molecule has 0 saturated heterocycles. The van der Waals surface area contributed by atoms with E-state index < -0.39 is 5.54 Å². The molecule has 1 unspecified atom stereocenters. The van der Waals surface area contributed by atoms with Crippen molar-refractivity contribution in [3.05, 3.63) is 11.7 Å². The van der Waals surface area contributed by atoms with Crippen molar-refractivity contribution in [3.63, 3.8) is 0 Å². The van der Waals surface area contributed by atoms with E-state index in [4.69, 9.17) is 15.0 Å². The Morgan fingerprint density at radius 3 is 2.21 bits per heavy atom. The Hall–Kier alpha value is -0.940. The highest BCUT2D eigenvalue weighted by molar-refractivity contribution is 5.04. The van der Waals surface area contributed by atoms with Crippen LogP contribution in [0.1, 0.15) is 72.2 Å². The molecule has 0 amide bonds. The first-order valence-corrected chi connectivity index (χ1v) is 7.03. The van der Waals surface area contributed by atoms with Crippen molar-refractivity contribution in [1.82, 2.24) is 10.1 Å². The molecule has 0 fully saturated rings. The molecule has 0 saturated carbocycles. The summed E-state index contributed by atoms with van der Waals surface area (Å²) in [5.41, 5.74) is 5.65. The molecule has 0 aromatic carbocycles. The van der Waals surface area contributed by atoms with Gasteiger partial charge in [-0.2, -0.15) is 4.98 Å². The van der Waals surface area contributed by atoms with Crippen molar-refractivity contribution in [2.45, 2.75) is 66.0 Å². The molecule has 0 aliphatic carbocycles. The summed E-state index contributed by atoms with van der Waals surface area (Å²) in [5, 5.41) is 4.07. The van der Waals surface area contributed by atoms with Crippen molar-refractivity contribution in [3.8, 4) is 0 Å². The number of nitrogens with two attached hydrogens (primary N) is 1. The summed E-state index contributed by atoms with van der Waals surface area (Å²) in [6.07, 6.45) is 1.34. The maximum Gasteiger partial charge on any atom is 0.246 e. The van der Waals surface area contributed by atoms with Crippen LogP contribution in [-0.4, -0.2) is 16.7 Å². The highest BCUT2D eigenvalue weighted by Crippen LogP contribution is 2.35. The SMILES string of the molecule is CCOC(c1noc(C(N)(CC)CC)n1)C(C)(C)C. The molecule has 0 aliphatic heterocycles. The molecule has 0 spiro atoms. The molecule has 19 heavy (non-hydrogen) atoms. The van der Waals surface area contributed by atoms with E-state index in [1.165, 1.54) is 0 Å². The minimum atomic E-state index is -0.542. The molecule has 0 radical (unpaired) electrons. The largest absolute Gasteiger partial charge is 0.370 e. The molecule has 1 aromatic rings. The maximum absolute atomic E-state index is 6.28. The van der Waals surface area contributed by atoms with E-state index in [1.807, 2.05) is 20.8 Å². The second-order valence-electron chi connectivity index (χ2n) is 6.02. The Bertz CT molecular complexity index is 392. The first-order chi connectivity index (χ1) is 8.78. The van der Waals surface area contributed by atoms with Crippen LogP contribution >= 0.6 is 0 Å². The quantitative estimate of drug-likeness (QED) is 0.858. The summed E-state index contributed by atoms with van der Waals surface area (Å²) in [6.45, 7) is 12.9. The van der Waals surface area contributed by atoms with Crippen LogP contribution in [0.3, 0.4) is 0 Å². The zero-order valence-corrected chi connectivity index (χ0v) is 13.0. The first-order valence-electron chi connectivity index (χ1n) is 7.03. The van der Waals surface area contributed by atoms with Crippen molar-refractivity contribution >= 4 is 0 Å². The van der Waals surface area contributed by atoms with Crippen LogP contribution in [0, 0.1) is 5.41 Å². The Balaban J connectivity index is 3.06. The summed E-state index contributed by atoms with van der Waals surface area (Å²) in [4.78, 5) is 4.48. The Labute approximate surface area is 115 Å². The van der Waals surface area contributed by atoms with E-state index in [1.54, 1.807) is 0 Å². The van der Waals surface area contributed by atoms with Gasteiger partial charge in [-0.15, -0.1) is 0 Å². The van der Waals surface area contributed by atoms with E-state index in [0.29, 0.717) is 18.3 Å². The lowest BCUT2D eigenvalue weighted by molar-refractivity contribution is -0.0203. The second kappa shape index (κ2) is 6.01. The fourth-order valence-electron chi connectivity index (χ4n) is 1.97. The highest BCUT2D eigenvalue weighted by Gasteiger charge is 2.35. The lowest BCUT2D eigenvalue weighted by Gasteiger charge is -2.27. The lowest BCUT2D eigenvalue weighted by Crippen LogP contribution is -2.35. The van der Waals surface area contributed by atoms with Gasteiger partial charge in [0.15, 0.2) is 0 Å². The average molecular weight is 269 g/mol. The predicted molar refractivity (Wildman–Crippen MR) is 74.6 cm³/mol. The molecule has 1 heterocycles. The minimum Gasteiger partial charge on any atom is -0.370 e. The fourth-order valence-corrected chi connectivity index (χ4v) is 1.97.